The van der Waals surface area contributed by atoms with Gasteiger partial charge in [0.25, 0.3) is 0 Å². The Balaban J connectivity index is 2.05. The van der Waals surface area contributed by atoms with Crippen molar-refractivity contribution in [2.75, 3.05) is 18.5 Å². The van der Waals surface area contributed by atoms with Crippen molar-refractivity contribution >= 4 is 17.7 Å². The number of hydrogen-bond donors (Lipinski definition) is 3. The number of carboxylic acid groups (broad SMARTS) is 1. The molecule has 1 fully saturated rings. The molecule has 0 saturated heterocycles. The Labute approximate surface area is 117 Å². The van der Waals surface area contributed by atoms with Crippen molar-refractivity contribution in [1.29, 1.82) is 0 Å². The average molecular weight is 278 g/mol. The number of nitrogens with one attached hydrogen (secondary N) is 1. The summed E-state index contributed by atoms with van der Waals surface area (Å²) in [5.41, 5.74) is 0.567. The molecule has 0 aliphatic heterocycles. The van der Waals surface area contributed by atoms with E-state index in [1.807, 2.05) is 0 Å². The van der Waals surface area contributed by atoms with Crippen LogP contribution in [0.25, 0.3) is 0 Å². The third-order valence-corrected chi connectivity index (χ3v) is 3.48. The number of anilines is 1. The Hall–Kier alpha value is -2.08. The highest BCUT2D eigenvalue weighted by atomic mass is 16.4. The highest BCUT2D eigenvalue weighted by Gasteiger charge is 2.28. The van der Waals surface area contributed by atoms with E-state index in [1.165, 1.54) is 12.1 Å². The summed E-state index contributed by atoms with van der Waals surface area (Å²) in [6, 6.07) is 5.98. The number of rotatable bonds is 5. The topological polar surface area (TPSA) is 89.9 Å². The molecule has 2 rings (SSSR count). The van der Waals surface area contributed by atoms with E-state index in [9.17, 15) is 9.59 Å². The Morgan fingerprint density at radius 1 is 1.35 bits per heavy atom. The molecule has 0 unspecified atom stereocenters. The molecular formula is C14H18N2O4. The monoisotopic (exact) mass is 278 g/mol. The molecule has 3 N–H and O–H groups in total. The number of aliphatic hydroxyl groups excluding tert-OH is 1. The third-order valence-electron chi connectivity index (χ3n) is 3.48. The number of amides is 2. The molecule has 0 radical (unpaired) electrons. The number of urea groups is 1. The third kappa shape index (κ3) is 3.27. The number of carbonyl (C=O) groups excluding carboxylic acids is 1. The Morgan fingerprint density at radius 2 is 2.10 bits per heavy atom. The fourth-order valence-electron chi connectivity index (χ4n) is 2.18. The van der Waals surface area contributed by atoms with Crippen LogP contribution in [-0.2, 0) is 0 Å². The molecule has 1 aromatic carbocycles. The van der Waals surface area contributed by atoms with Gasteiger partial charge < -0.3 is 20.4 Å². The molecule has 0 heterocycles. The zero-order valence-electron chi connectivity index (χ0n) is 11.1. The summed E-state index contributed by atoms with van der Waals surface area (Å²) < 4.78 is 0. The van der Waals surface area contributed by atoms with Crippen LogP contribution in [0, 0.1) is 0 Å². The first-order valence-corrected chi connectivity index (χ1v) is 6.63. The second-order valence-corrected chi connectivity index (χ2v) is 4.82. The molecule has 6 heteroatoms. The number of carboxylic acids is 1. The average Bonchev–Trinajstić information content (AvgIpc) is 2.36. The van der Waals surface area contributed by atoms with Gasteiger partial charge >= 0.3 is 12.0 Å². The van der Waals surface area contributed by atoms with E-state index in [0.29, 0.717) is 5.69 Å². The molecule has 0 spiro atoms. The van der Waals surface area contributed by atoms with Crippen molar-refractivity contribution in [3.8, 4) is 0 Å². The first kappa shape index (κ1) is 14.3. The minimum atomic E-state index is -1.03. The molecule has 1 aromatic rings. The van der Waals surface area contributed by atoms with Crippen LogP contribution in [0.1, 0.15) is 29.6 Å². The maximum atomic E-state index is 12.2. The van der Waals surface area contributed by atoms with Gasteiger partial charge in [-0.1, -0.05) is 6.07 Å². The number of carbonyl (C=O) groups is 2. The Kier molecular flexibility index (Phi) is 4.57. The van der Waals surface area contributed by atoms with Crippen molar-refractivity contribution in [1.82, 2.24) is 4.90 Å². The van der Waals surface area contributed by atoms with Gasteiger partial charge in [-0.05, 0) is 37.5 Å². The number of nitrogens with zero attached hydrogens (tertiary/aromatic N) is 1. The maximum absolute atomic E-state index is 12.2. The number of aromatic carboxylic acids is 1. The van der Waals surface area contributed by atoms with Crippen LogP contribution in [0.2, 0.25) is 0 Å². The van der Waals surface area contributed by atoms with E-state index in [0.717, 1.165) is 19.3 Å². The fraction of sp³-hybridized carbons (Fsp3) is 0.429. The van der Waals surface area contributed by atoms with Gasteiger partial charge in [-0.25, -0.2) is 9.59 Å². The molecule has 1 aliphatic carbocycles. The molecular weight excluding hydrogens is 260 g/mol. The first-order valence-electron chi connectivity index (χ1n) is 6.63. The molecule has 0 atom stereocenters. The molecule has 108 valence electrons. The van der Waals surface area contributed by atoms with Crippen molar-refractivity contribution in [2.24, 2.45) is 0 Å². The lowest BCUT2D eigenvalue weighted by Gasteiger charge is -2.37. The lowest BCUT2D eigenvalue weighted by Crippen LogP contribution is -2.47. The second kappa shape index (κ2) is 6.38. The summed E-state index contributed by atoms with van der Waals surface area (Å²) in [6.45, 7) is 0.203. The summed E-state index contributed by atoms with van der Waals surface area (Å²) in [6.07, 6.45) is 2.99. The molecule has 2 amide bonds. The van der Waals surface area contributed by atoms with E-state index in [2.05, 4.69) is 5.32 Å². The summed E-state index contributed by atoms with van der Waals surface area (Å²) in [7, 11) is 0. The van der Waals surface area contributed by atoms with Crippen molar-refractivity contribution < 1.29 is 19.8 Å². The predicted molar refractivity (Wildman–Crippen MR) is 73.9 cm³/mol. The fourth-order valence-corrected chi connectivity index (χ4v) is 2.18. The summed E-state index contributed by atoms with van der Waals surface area (Å²) >= 11 is 0. The second-order valence-electron chi connectivity index (χ2n) is 4.82. The molecule has 1 aliphatic rings. The first-order chi connectivity index (χ1) is 9.61. The molecule has 6 nitrogen and oxygen atoms in total. The van der Waals surface area contributed by atoms with Crippen molar-refractivity contribution in [2.45, 2.75) is 25.3 Å². The van der Waals surface area contributed by atoms with E-state index in [4.69, 9.17) is 10.2 Å². The van der Waals surface area contributed by atoms with Crippen molar-refractivity contribution in [3.05, 3.63) is 29.8 Å². The van der Waals surface area contributed by atoms with Crippen molar-refractivity contribution in [3.63, 3.8) is 0 Å². The van der Waals surface area contributed by atoms with Crippen LogP contribution in [0.5, 0.6) is 0 Å². The van der Waals surface area contributed by atoms with Gasteiger partial charge in [0.2, 0.25) is 0 Å². The summed E-state index contributed by atoms with van der Waals surface area (Å²) in [5.74, 6) is -1.03. The molecule has 20 heavy (non-hydrogen) atoms. The maximum Gasteiger partial charge on any atom is 0.335 e. The van der Waals surface area contributed by atoms with Crippen LogP contribution < -0.4 is 5.32 Å². The summed E-state index contributed by atoms with van der Waals surface area (Å²) in [5, 5.41) is 20.6. The molecule has 0 aromatic heterocycles. The molecule has 1 saturated carbocycles. The zero-order chi connectivity index (χ0) is 14.5. The largest absolute Gasteiger partial charge is 0.478 e. The lowest BCUT2D eigenvalue weighted by molar-refractivity contribution is 0.0697. The smallest absolute Gasteiger partial charge is 0.335 e. The normalized spacial score (nSPS) is 14.4. The lowest BCUT2D eigenvalue weighted by atomic mass is 9.92. The Bertz CT molecular complexity index is 500. The number of benzene rings is 1. The van der Waals surface area contributed by atoms with Gasteiger partial charge in [-0.2, -0.15) is 0 Å². The van der Waals surface area contributed by atoms with Crippen LogP contribution in [0.3, 0.4) is 0 Å². The number of aliphatic hydroxyl groups is 1. The quantitative estimate of drug-likeness (QED) is 0.765. The van der Waals surface area contributed by atoms with E-state index >= 15 is 0 Å². The predicted octanol–water partition coefficient (Wildman–Crippen LogP) is 1.76. The molecule has 0 bridgehead atoms. The summed E-state index contributed by atoms with van der Waals surface area (Å²) in [4.78, 5) is 24.7. The number of hydrogen-bond acceptors (Lipinski definition) is 3. The van der Waals surface area contributed by atoms with E-state index in [1.54, 1.807) is 17.0 Å². The highest BCUT2D eigenvalue weighted by Crippen LogP contribution is 2.25. The minimum absolute atomic E-state index is 0.0842. The van der Waals surface area contributed by atoms with Crippen LogP contribution in [0.4, 0.5) is 10.5 Å². The van der Waals surface area contributed by atoms with Crippen LogP contribution >= 0.6 is 0 Å². The SMILES string of the molecule is O=C(O)c1cccc(NC(=O)N(CCO)C2CCC2)c1. The van der Waals surface area contributed by atoms with Gasteiger partial charge in [0.1, 0.15) is 0 Å². The van der Waals surface area contributed by atoms with Gasteiger partial charge in [0, 0.05) is 18.3 Å². The Morgan fingerprint density at radius 3 is 2.65 bits per heavy atom. The van der Waals surface area contributed by atoms with Gasteiger partial charge in [-0.15, -0.1) is 0 Å². The van der Waals surface area contributed by atoms with Gasteiger partial charge in [0.15, 0.2) is 0 Å². The van der Waals surface area contributed by atoms with Gasteiger partial charge in [0.05, 0.1) is 12.2 Å². The van der Waals surface area contributed by atoms with E-state index < -0.39 is 5.97 Å². The minimum Gasteiger partial charge on any atom is -0.478 e. The van der Waals surface area contributed by atoms with Gasteiger partial charge in [-0.3, -0.25) is 0 Å². The van der Waals surface area contributed by atoms with Crippen LogP contribution in [-0.4, -0.2) is 46.3 Å². The standard InChI is InChI=1S/C14H18N2O4/c17-8-7-16(12-5-2-6-12)14(20)15-11-4-1-3-10(9-11)13(18)19/h1,3-4,9,12,17H,2,5-8H2,(H,15,20)(H,18,19). The zero-order valence-corrected chi connectivity index (χ0v) is 11.1. The highest BCUT2D eigenvalue weighted by molar-refractivity contribution is 5.93. The van der Waals surface area contributed by atoms with E-state index in [-0.39, 0.29) is 30.8 Å². The van der Waals surface area contributed by atoms with Crippen LogP contribution in [0.15, 0.2) is 24.3 Å².